The highest BCUT2D eigenvalue weighted by atomic mass is 16.8. The van der Waals surface area contributed by atoms with Crippen LogP contribution in [0.4, 0.5) is 0 Å². The molecule has 11 unspecified atom stereocenters. The van der Waals surface area contributed by atoms with E-state index in [1.54, 1.807) is 0 Å². The molecule has 0 radical (unpaired) electrons. The van der Waals surface area contributed by atoms with Crippen LogP contribution in [0.1, 0.15) is 40.5 Å². The van der Waals surface area contributed by atoms with Crippen LogP contribution in [0.15, 0.2) is 0 Å². The molecule has 4 heterocycles. The minimum absolute atomic E-state index is 0.519. The van der Waals surface area contributed by atoms with E-state index in [4.69, 9.17) is 33.2 Å². The summed E-state index contributed by atoms with van der Waals surface area (Å²) in [7, 11) is 0. The van der Waals surface area contributed by atoms with Gasteiger partial charge < -0.3 is 100.0 Å². The monoisotopic (exact) mass is 802 g/mol. The average Bonchev–Trinajstić information content (AvgIpc) is 3.12. The van der Waals surface area contributed by atoms with Crippen LogP contribution >= 0.6 is 0 Å². The fourth-order valence-corrected chi connectivity index (χ4v) is 7.23. The molecule has 318 valence electrons. The largest absolute Gasteiger partial charge is 0.477 e. The van der Waals surface area contributed by atoms with Crippen molar-refractivity contribution in [2.45, 2.75) is 163 Å². The Balaban J connectivity index is 1.69. The van der Waals surface area contributed by atoms with Crippen LogP contribution in [0, 0.1) is 0 Å². The van der Waals surface area contributed by atoms with Gasteiger partial charge in [0.25, 0.3) is 5.79 Å². The van der Waals surface area contributed by atoms with E-state index in [-0.39, 0.29) is 0 Å². The molecule has 0 aromatic carbocycles. The molecule has 23 heteroatoms. The SMILES string of the molecule is CC(=O)NC1C(O[C@@H]2OC(C)[C@@H](O)C(O)C2O)[C@H](O[C@@H]2OC(CO)[C@H](O)C(O[C@]3(C(=O)O)CC(O)[C@@H](NC(C)=O)C(C[C@H](O)CO)O3)C2O)C(CO)O[C@H]1C. The van der Waals surface area contributed by atoms with Gasteiger partial charge in [-0.25, -0.2) is 4.79 Å². The third-order valence-electron chi connectivity index (χ3n) is 10.1. The first kappa shape index (κ1) is 45.4. The number of nitrogens with one attached hydrogen (secondary N) is 2. The molecule has 23 nitrogen and oxygen atoms in total. The van der Waals surface area contributed by atoms with Crippen LogP contribution in [-0.2, 0) is 47.5 Å². The number of carbonyl (C=O) groups is 3. The lowest BCUT2D eigenvalue weighted by molar-refractivity contribution is -0.383. The fraction of sp³-hybridized carbons (Fsp3) is 0.906. The van der Waals surface area contributed by atoms with Crippen molar-refractivity contribution < 1.29 is 104 Å². The predicted molar refractivity (Wildman–Crippen MR) is 175 cm³/mol. The van der Waals surface area contributed by atoms with Crippen molar-refractivity contribution >= 4 is 17.8 Å². The molecule has 4 saturated heterocycles. The van der Waals surface area contributed by atoms with Crippen molar-refractivity contribution in [2.75, 3.05) is 19.8 Å². The van der Waals surface area contributed by atoms with Crippen LogP contribution in [-0.4, -0.2) is 216 Å². The van der Waals surface area contributed by atoms with Gasteiger partial charge in [-0.15, -0.1) is 0 Å². The Kier molecular flexibility index (Phi) is 15.7. The van der Waals surface area contributed by atoms with E-state index in [0.717, 1.165) is 6.92 Å². The zero-order valence-electron chi connectivity index (χ0n) is 30.5. The molecule has 4 aliphatic rings. The van der Waals surface area contributed by atoms with Crippen molar-refractivity contribution in [1.29, 1.82) is 0 Å². The Hall–Kier alpha value is -2.27. The van der Waals surface area contributed by atoms with Crippen molar-refractivity contribution in [2.24, 2.45) is 0 Å². The van der Waals surface area contributed by atoms with E-state index in [1.165, 1.54) is 20.8 Å². The van der Waals surface area contributed by atoms with Gasteiger partial charge in [-0.1, -0.05) is 0 Å². The Morgan fingerprint density at radius 2 is 1.29 bits per heavy atom. The molecule has 4 rings (SSSR count). The number of carboxylic acids is 1. The van der Waals surface area contributed by atoms with Crippen molar-refractivity contribution in [3.63, 3.8) is 0 Å². The van der Waals surface area contributed by atoms with Crippen LogP contribution < -0.4 is 10.6 Å². The van der Waals surface area contributed by atoms with E-state index in [1.807, 2.05) is 0 Å². The Labute approximate surface area is 314 Å². The highest BCUT2D eigenvalue weighted by Crippen LogP contribution is 2.39. The lowest BCUT2D eigenvalue weighted by Gasteiger charge is -2.51. The third-order valence-corrected chi connectivity index (χ3v) is 10.1. The number of hydrogen-bond acceptors (Lipinski definition) is 20. The zero-order chi connectivity index (χ0) is 41.1. The summed E-state index contributed by atoms with van der Waals surface area (Å²) in [6.07, 6.45) is -29.3. The van der Waals surface area contributed by atoms with Gasteiger partial charge in [0.2, 0.25) is 11.8 Å². The number of aliphatic hydroxyl groups excluding tert-OH is 10. The molecule has 20 atom stereocenters. The fourth-order valence-electron chi connectivity index (χ4n) is 7.23. The molecule has 0 aromatic rings. The number of hydrogen-bond donors (Lipinski definition) is 13. The summed E-state index contributed by atoms with van der Waals surface area (Å²) in [5.41, 5.74) is 0. The number of rotatable bonds is 14. The molecule has 0 aliphatic carbocycles. The van der Waals surface area contributed by atoms with Gasteiger partial charge in [-0.3, -0.25) is 9.59 Å². The van der Waals surface area contributed by atoms with Gasteiger partial charge in [0.1, 0.15) is 61.0 Å². The van der Waals surface area contributed by atoms with Gasteiger partial charge in [0.05, 0.1) is 62.4 Å². The first-order valence-corrected chi connectivity index (χ1v) is 17.8. The van der Waals surface area contributed by atoms with Gasteiger partial charge in [-0.05, 0) is 13.8 Å². The number of ether oxygens (including phenoxy) is 7. The highest BCUT2D eigenvalue weighted by Gasteiger charge is 2.59. The summed E-state index contributed by atoms with van der Waals surface area (Å²) in [6, 6.07) is -2.46. The Bertz CT molecular complexity index is 1300. The van der Waals surface area contributed by atoms with Crippen molar-refractivity contribution in [3.05, 3.63) is 0 Å². The summed E-state index contributed by atoms with van der Waals surface area (Å²) < 4.78 is 40.9. The number of amides is 2. The number of aliphatic carboxylic acids is 1. The molecular formula is C32H54N2O21. The summed E-state index contributed by atoms with van der Waals surface area (Å²) in [4.78, 5) is 37.1. The van der Waals surface area contributed by atoms with Gasteiger partial charge in [0.15, 0.2) is 12.6 Å². The molecule has 13 N–H and O–H groups in total. The second-order valence-corrected chi connectivity index (χ2v) is 14.2. The number of aliphatic hydroxyl groups is 10. The molecular weight excluding hydrogens is 748 g/mol. The van der Waals surface area contributed by atoms with Gasteiger partial charge in [-0.2, -0.15) is 0 Å². The molecule has 0 saturated carbocycles. The molecule has 0 bridgehead atoms. The zero-order valence-corrected chi connectivity index (χ0v) is 30.5. The van der Waals surface area contributed by atoms with Crippen LogP contribution in [0.3, 0.4) is 0 Å². The molecule has 55 heavy (non-hydrogen) atoms. The number of carboxylic acid groups (broad SMARTS) is 1. The smallest absolute Gasteiger partial charge is 0.364 e. The van der Waals surface area contributed by atoms with E-state index in [0.29, 0.717) is 0 Å². The first-order valence-electron chi connectivity index (χ1n) is 17.8. The van der Waals surface area contributed by atoms with Gasteiger partial charge in [0, 0.05) is 26.7 Å². The molecule has 0 aromatic heterocycles. The van der Waals surface area contributed by atoms with E-state index < -0.39 is 172 Å². The maximum absolute atomic E-state index is 12.9. The summed E-state index contributed by atoms with van der Waals surface area (Å²) in [5, 5.41) is 121. The Morgan fingerprint density at radius 1 is 0.709 bits per heavy atom. The Morgan fingerprint density at radius 3 is 1.85 bits per heavy atom. The second-order valence-electron chi connectivity index (χ2n) is 14.2. The summed E-state index contributed by atoms with van der Waals surface area (Å²) in [6.45, 7) is 2.62. The standard InChI is InChI=1S/C32H54N2O21/c1-10-19(33-12(3)38)27(53-29-24(45)23(44)21(42)11(2)50-29)26(18(9-37)49-10)52-30-25(46)28(22(43)17(8-36)51-30)55-32(31(47)48)6-15(41)20(34-13(4)39)16(54-32)5-14(40)7-35/h10-11,14-30,35-37,40-46H,5-9H2,1-4H3,(H,33,38)(H,34,39)(H,47,48)/t10-,11?,14-,15?,16?,17?,18?,19?,20+,21+,22-,23?,24?,25?,26+,27?,28?,29-,30-,32-/m0/s1. The lowest BCUT2D eigenvalue weighted by atomic mass is 9.89. The quantitative estimate of drug-likeness (QED) is 0.0776. The topological polar surface area (TPSA) is 362 Å². The predicted octanol–water partition coefficient (Wildman–Crippen LogP) is -7.13. The van der Waals surface area contributed by atoms with Crippen molar-refractivity contribution in [3.8, 4) is 0 Å². The average molecular weight is 803 g/mol. The molecule has 0 spiro atoms. The highest BCUT2D eigenvalue weighted by molar-refractivity contribution is 5.76. The molecule has 2 amide bonds. The maximum Gasteiger partial charge on any atom is 0.364 e. The molecule has 4 fully saturated rings. The minimum Gasteiger partial charge on any atom is -0.477 e. The van der Waals surface area contributed by atoms with E-state index in [2.05, 4.69) is 10.6 Å². The third kappa shape index (κ3) is 10.1. The van der Waals surface area contributed by atoms with E-state index in [9.17, 15) is 70.6 Å². The first-order chi connectivity index (χ1) is 25.8. The minimum atomic E-state index is -2.90. The van der Waals surface area contributed by atoms with Crippen molar-refractivity contribution in [1.82, 2.24) is 10.6 Å². The molecule has 4 aliphatic heterocycles. The van der Waals surface area contributed by atoms with Crippen LogP contribution in [0.2, 0.25) is 0 Å². The van der Waals surface area contributed by atoms with Crippen LogP contribution in [0.25, 0.3) is 0 Å². The summed E-state index contributed by atoms with van der Waals surface area (Å²) >= 11 is 0. The summed E-state index contributed by atoms with van der Waals surface area (Å²) in [5.74, 6) is -6.03. The maximum atomic E-state index is 12.9. The number of carbonyl (C=O) groups excluding carboxylic acids is 2. The van der Waals surface area contributed by atoms with Crippen LogP contribution in [0.5, 0.6) is 0 Å². The van der Waals surface area contributed by atoms with E-state index >= 15 is 0 Å². The second kappa shape index (κ2) is 19.0. The van der Waals surface area contributed by atoms with Gasteiger partial charge >= 0.3 is 5.97 Å². The normalized spacial score (nSPS) is 45.7. The lowest BCUT2D eigenvalue weighted by Crippen LogP contribution is -2.70.